The molecule has 2 rings (SSSR count). The molecule has 21 heavy (non-hydrogen) atoms. The van der Waals surface area contributed by atoms with E-state index in [0.717, 1.165) is 24.0 Å². The van der Waals surface area contributed by atoms with Crippen LogP contribution < -0.4 is 5.56 Å². The molecule has 0 aliphatic rings. The molecule has 2 aromatic rings. The lowest BCUT2D eigenvalue weighted by molar-refractivity contribution is -0.139. The number of aromatic amines is 1. The minimum absolute atomic E-state index is 0.0108. The van der Waals surface area contributed by atoms with E-state index in [2.05, 4.69) is 21.9 Å². The standard InChI is InChI=1S/C17H19NO3/c1-12-14(9-8-13-6-4-3-5-7-13)11-18-17(20)15(12)10-16(19)21-2/h3-7,11H,8-10H2,1-2H3,(H,18,20). The van der Waals surface area contributed by atoms with Crippen LogP contribution in [0.1, 0.15) is 22.3 Å². The first-order valence-electron chi connectivity index (χ1n) is 6.92. The Morgan fingerprint density at radius 1 is 1.19 bits per heavy atom. The van der Waals surface area contributed by atoms with E-state index in [1.807, 2.05) is 25.1 Å². The second-order valence-electron chi connectivity index (χ2n) is 4.99. The number of rotatable bonds is 5. The number of H-pyrrole nitrogens is 1. The predicted molar refractivity (Wildman–Crippen MR) is 81.4 cm³/mol. The van der Waals surface area contributed by atoms with Gasteiger partial charge in [0.2, 0.25) is 0 Å². The molecule has 0 fully saturated rings. The summed E-state index contributed by atoms with van der Waals surface area (Å²) in [5.41, 5.74) is 3.45. The summed E-state index contributed by atoms with van der Waals surface area (Å²) in [5.74, 6) is -0.399. The highest BCUT2D eigenvalue weighted by Crippen LogP contribution is 2.13. The topological polar surface area (TPSA) is 59.2 Å². The summed E-state index contributed by atoms with van der Waals surface area (Å²) in [4.78, 5) is 26.0. The van der Waals surface area contributed by atoms with Gasteiger partial charge in [0.25, 0.3) is 5.56 Å². The first-order chi connectivity index (χ1) is 10.1. The molecule has 0 amide bonds. The van der Waals surface area contributed by atoms with Gasteiger partial charge >= 0.3 is 5.97 Å². The van der Waals surface area contributed by atoms with Crippen molar-refractivity contribution in [3.63, 3.8) is 0 Å². The number of methoxy groups -OCH3 is 1. The Hall–Kier alpha value is -2.36. The third kappa shape index (κ3) is 3.81. The van der Waals surface area contributed by atoms with Crippen molar-refractivity contribution >= 4 is 5.97 Å². The monoisotopic (exact) mass is 285 g/mol. The van der Waals surface area contributed by atoms with Crippen LogP contribution in [0.15, 0.2) is 41.3 Å². The second-order valence-corrected chi connectivity index (χ2v) is 4.99. The third-order valence-electron chi connectivity index (χ3n) is 3.66. The molecule has 1 N–H and O–H groups in total. The Labute approximate surface area is 123 Å². The van der Waals surface area contributed by atoms with Crippen LogP contribution in [0.3, 0.4) is 0 Å². The van der Waals surface area contributed by atoms with Crippen molar-refractivity contribution in [2.24, 2.45) is 0 Å². The van der Waals surface area contributed by atoms with Gasteiger partial charge in [0.1, 0.15) is 0 Å². The molecule has 110 valence electrons. The zero-order valence-electron chi connectivity index (χ0n) is 12.3. The Morgan fingerprint density at radius 2 is 1.90 bits per heavy atom. The summed E-state index contributed by atoms with van der Waals surface area (Å²) < 4.78 is 4.64. The van der Waals surface area contributed by atoms with Crippen molar-refractivity contribution in [2.45, 2.75) is 26.2 Å². The van der Waals surface area contributed by atoms with Gasteiger partial charge in [-0.05, 0) is 36.5 Å². The molecule has 0 saturated carbocycles. The predicted octanol–water partition coefficient (Wildman–Crippen LogP) is 2.18. The Morgan fingerprint density at radius 3 is 2.57 bits per heavy atom. The summed E-state index contributed by atoms with van der Waals surface area (Å²) in [7, 11) is 1.32. The van der Waals surface area contributed by atoms with Crippen molar-refractivity contribution in [1.82, 2.24) is 4.98 Å². The Bertz CT molecular complexity index is 674. The summed E-state index contributed by atoms with van der Waals surface area (Å²) in [6.45, 7) is 1.88. The fourth-order valence-corrected chi connectivity index (χ4v) is 2.32. The average Bonchev–Trinajstić information content (AvgIpc) is 2.51. The fourth-order valence-electron chi connectivity index (χ4n) is 2.32. The molecule has 0 saturated heterocycles. The number of nitrogens with one attached hydrogen (secondary N) is 1. The molecular formula is C17H19NO3. The fraction of sp³-hybridized carbons (Fsp3) is 0.294. The molecule has 0 radical (unpaired) electrons. The van der Waals surface area contributed by atoms with Crippen LogP contribution >= 0.6 is 0 Å². The number of ether oxygens (including phenoxy) is 1. The molecule has 0 aliphatic heterocycles. The summed E-state index contributed by atoms with van der Waals surface area (Å²) >= 11 is 0. The number of pyridine rings is 1. The van der Waals surface area contributed by atoms with E-state index < -0.39 is 5.97 Å². The normalized spacial score (nSPS) is 10.4. The van der Waals surface area contributed by atoms with E-state index >= 15 is 0 Å². The van der Waals surface area contributed by atoms with Gasteiger partial charge in [0, 0.05) is 11.8 Å². The summed E-state index contributed by atoms with van der Waals surface area (Å²) in [5, 5.41) is 0. The average molecular weight is 285 g/mol. The first kappa shape index (κ1) is 15.0. The molecule has 4 heteroatoms. The lowest BCUT2D eigenvalue weighted by Crippen LogP contribution is -2.20. The van der Waals surface area contributed by atoms with E-state index in [0.29, 0.717) is 5.56 Å². The molecule has 0 aliphatic carbocycles. The summed E-state index contributed by atoms with van der Waals surface area (Å²) in [6, 6.07) is 10.2. The highest BCUT2D eigenvalue weighted by molar-refractivity contribution is 5.72. The molecule has 0 atom stereocenters. The number of esters is 1. The smallest absolute Gasteiger partial charge is 0.310 e. The minimum Gasteiger partial charge on any atom is -0.469 e. The lowest BCUT2D eigenvalue weighted by atomic mass is 9.98. The van der Waals surface area contributed by atoms with E-state index in [-0.39, 0.29) is 12.0 Å². The molecule has 0 bridgehead atoms. The van der Waals surface area contributed by atoms with Crippen molar-refractivity contribution in [2.75, 3.05) is 7.11 Å². The van der Waals surface area contributed by atoms with Crippen LogP contribution in [0, 0.1) is 6.92 Å². The van der Waals surface area contributed by atoms with Crippen LogP contribution in [0.4, 0.5) is 0 Å². The number of carbonyl (C=O) groups excluding carboxylic acids is 1. The minimum atomic E-state index is -0.399. The van der Waals surface area contributed by atoms with Crippen molar-refractivity contribution < 1.29 is 9.53 Å². The molecular weight excluding hydrogens is 266 g/mol. The zero-order chi connectivity index (χ0) is 15.2. The number of aryl methyl sites for hydroxylation is 2. The maximum absolute atomic E-state index is 11.9. The number of carbonyl (C=O) groups is 1. The van der Waals surface area contributed by atoms with Gasteiger partial charge in [-0.15, -0.1) is 0 Å². The van der Waals surface area contributed by atoms with Gasteiger partial charge in [-0.25, -0.2) is 0 Å². The largest absolute Gasteiger partial charge is 0.469 e. The van der Waals surface area contributed by atoms with Crippen LogP contribution in [0.25, 0.3) is 0 Å². The molecule has 0 spiro atoms. The number of benzene rings is 1. The highest BCUT2D eigenvalue weighted by atomic mass is 16.5. The Balaban J connectivity index is 2.19. The van der Waals surface area contributed by atoms with Gasteiger partial charge in [-0.1, -0.05) is 30.3 Å². The lowest BCUT2D eigenvalue weighted by Gasteiger charge is -2.10. The Kier molecular flexibility index (Phi) is 4.93. The van der Waals surface area contributed by atoms with Crippen LogP contribution in [0.2, 0.25) is 0 Å². The number of aromatic nitrogens is 1. The third-order valence-corrected chi connectivity index (χ3v) is 3.66. The summed E-state index contributed by atoms with van der Waals surface area (Å²) in [6.07, 6.45) is 3.46. The maximum Gasteiger partial charge on any atom is 0.310 e. The maximum atomic E-state index is 11.9. The number of hydrogen-bond donors (Lipinski definition) is 1. The molecule has 1 aromatic heterocycles. The second kappa shape index (κ2) is 6.88. The van der Waals surface area contributed by atoms with Gasteiger partial charge in [0.05, 0.1) is 13.5 Å². The molecule has 0 unspecified atom stereocenters. The highest BCUT2D eigenvalue weighted by Gasteiger charge is 2.13. The van der Waals surface area contributed by atoms with Crippen molar-refractivity contribution in [3.8, 4) is 0 Å². The quantitative estimate of drug-likeness (QED) is 0.857. The van der Waals surface area contributed by atoms with Crippen LogP contribution in [-0.4, -0.2) is 18.1 Å². The van der Waals surface area contributed by atoms with E-state index in [9.17, 15) is 9.59 Å². The van der Waals surface area contributed by atoms with E-state index in [4.69, 9.17) is 0 Å². The zero-order valence-corrected chi connectivity index (χ0v) is 12.3. The SMILES string of the molecule is COC(=O)Cc1c(C)c(CCc2ccccc2)c[nH]c1=O. The van der Waals surface area contributed by atoms with Gasteiger partial charge in [0.15, 0.2) is 0 Å². The van der Waals surface area contributed by atoms with Crippen LogP contribution in [-0.2, 0) is 28.8 Å². The van der Waals surface area contributed by atoms with Gasteiger partial charge < -0.3 is 9.72 Å². The number of hydrogen-bond acceptors (Lipinski definition) is 3. The van der Waals surface area contributed by atoms with Gasteiger partial charge in [-0.2, -0.15) is 0 Å². The van der Waals surface area contributed by atoms with E-state index in [1.165, 1.54) is 12.7 Å². The van der Waals surface area contributed by atoms with Crippen molar-refractivity contribution in [1.29, 1.82) is 0 Å². The van der Waals surface area contributed by atoms with E-state index in [1.54, 1.807) is 6.20 Å². The molecule has 1 aromatic carbocycles. The van der Waals surface area contributed by atoms with Gasteiger partial charge in [-0.3, -0.25) is 9.59 Å². The van der Waals surface area contributed by atoms with Crippen molar-refractivity contribution in [3.05, 3.63) is 69.1 Å². The first-order valence-corrected chi connectivity index (χ1v) is 6.92. The molecule has 1 heterocycles. The van der Waals surface area contributed by atoms with Crippen LogP contribution in [0.5, 0.6) is 0 Å². The molecule has 4 nitrogen and oxygen atoms in total.